The Morgan fingerprint density at radius 3 is 2.81 bits per heavy atom. The molecule has 1 aromatic heterocycles. The van der Waals surface area contributed by atoms with Crippen LogP contribution in [0.15, 0.2) is 11.1 Å². The first kappa shape index (κ1) is 11.5. The van der Waals surface area contributed by atoms with Crippen LogP contribution < -0.4 is 11.5 Å². The zero-order chi connectivity index (χ0) is 11.5. The number of nitrogen functional groups attached to an aromatic ring is 2. The summed E-state index contributed by atoms with van der Waals surface area (Å²) in [6, 6.07) is 1.81. The summed E-state index contributed by atoms with van der Waals surface area (Å²) in [4.78, 5) is 8.08. The summed E-state index contributed by atoms with van der Waals surface area (Å²) in [5.41, 5.74) is 11.2. The maximum Gasteiger partial charge on any atom is 0.223 e. The van der Waals surface area contributed by atoms with Crippen LogP contribution in [0.5, 0.6) is 0 Å². The van der Waals surface area contributed by atoms with E-state index in [9.17, 15) is 0 Å². The van der Waals surface area contributed by atoms with E-state index in [1.807, 2.05) is 0 Å². The van der Waals surface area contributed by atoms with E-state index in [1.54, 1.807) is 17.8 Å². The van der Waals surface area contributed by atoms with Gasteiger partial charge in [0, 0.05) is 11.3 Å². The van der Waals surface area contributed by atoms with E-state index in [0.717, 1.165) is 10.9 Å². The van der Waals surface area contributed by atoms with Crippen molar-refractivity contribution in [1.82, 2.24) is 9.97 Å². The Morgan fingerprint density at radius 1 is 1.31 bits per heavy atom. The molecule has 0 spiro atoms. The fraction of sp³-hybridized carbons (Fsp3) is 0.636. The zero-order valence-electron chi connectivity index (χ0n) is 9.52. The van der Waals surface area contributed by atoms with Crippen LogP contribution in [-0.2, 0) is 0 Å². The summed E-state index contributed by atoms with van der Waals surface area (Å²) >= 11 is 1.79. The fourth-order valence-electron chi connectivity index (χ4n) is 2.18. The van der Waals surface area contributed by atoms with Crippen molar-refractivity contribution in [1.29, 1.82) is 0 Å². The molecule has 2 atom stereocenters. The normalized spacial score (nSPS) is 25.6. The molecule has 16 heavy (non-hydrogen) atoms. The van der Waals surface area contributed by atoms with E-state index in [2.05, 4.69) is 16.9 Å². The minimum atomic E-state index is 0.270. The highest BCUT2D eigenvalue weighted by molar-refractivity contribution is 7.99. The van der Waals surface area contributed by atoms with Gasteiger partial charge in [-0.1, -0.05) is 19.8 Å². The second-order valence-corrected chi connectivity index (χ2v) is 5.82. The fourth-order valence-corrected chi connectivity index (χ4v) is 3.56. The predicted octanol–water partition coefficient (Wildman–Crippen LogP) is 2.31. The molecule has 1 aliphatic rings. The van der Waals surface area contributed by atoms with E-state index in [-0.39, 0.29) is 5.95 Å². The van der Waals surface area contributed by atoms with Gasteiger partial charge < -0.3 is 11.5 Å². The first-order valence-corrected chi connectivity index (χ1v) is 6.58. The summed E-state index contributed by atoms with van der Waals surface area (Å²) in [7, 11) is 0. The van der Waals surface area contributed by atoms with Crippen molar-refractivity contribution in [3.05, 3.63) is 6.07 Å². The molecule has 0 saturated heterocycles. The van der Waals surface area contributed by atoms with Gasteiger partial charge in [0.25, 0.3) is 0 Å². The lowest BCUT2D eigenvalue weighted by Crippen LogP contribution is -2.15. The van der Waals surface area contributed by atoms with Gasteiger partial charge in [0.2, 0.25) is 5.95 Å². The van der Waals surface area contributed by atoms with Crippen LogP contribution in [0.2, 0.25) is 0 Å². The van der Waals surface area contributed by atoms with E-state index >= 15 is 0 Å². The molecule has 1 heterocycles. The molecule has 0 aliphatic heterocycles. The molecule has 0 amide bonds. The monoisotopic (exact) mass is 238 g/mol. The third-order valence-electron chi connectivity index (χ3n) is 2.92. The number of rotatable bonds is 2. The van der Waals surface area contributed by atoms with Crippen molar-refractivity contribution in [2.24, 2.45) is 5.92 Å². The third kappa shape index (κ3) is 3.01. The average molecular weight is 238 g/mol. The molecule has 88 valence electrons. The Labute approximate surface area is 100 Å². The molecule has 5 heteroatoms. The summed E-state index contributed by atoms with van der Waals surface area (Å²) in [5, 5.41) is 1.56. The number of hydrogen-bond acceptors (Lipinski definition) is 5. The molecule has 1 fully saturated rings. The van der Waals surface area contributed by atoms with Crippen molar-refractivity contribution in [3.63, 3.8) is 0 Å². The molecule has 1 aromatic rings. The maximum absolute atomic E-state index is 5.65. The van der Waals surface area contributed by atoms with Crippen LogP contribution >= 0.6 is 11.8 Å². The zero-order valence-corrected chi connectivity index (χ0v) is 10.3. The van der Waals surface area contributed by atoms with E-state index in [1.165, 1.54) is 25.7 Å². The number of anilines is 2. The van der Waals surface area contributed by atoms with Crippen LogP contribution in [-0.4, -0.2) is 15.2 Å². The molecule has 0 radical (unpaired) electrons. The summed E-state index contributed by atoms with van der Waals surface area (Å²) in [6.07, 6.45) is 5.19. The largest absolute Gasteiger partial charge is 0.383 e. The van der Waals surface area contributed by atoms with E-state index in [4.69, 9.17) is 11.5 Å². The molecule has 4 nitrogen and oxygen atoms in total. The van der Waals surface area contributed by atoms with Gasteiger partial charge in [0.05, 0.1) is 0 Å². The Hall–Kier alpha value is -0.970. The van der Waals surface area contributed by atoms with Gasteiger partial charge in [-0.15, -0.1) is 11.8 Å². The minimum absolute atomic E-state index is 0.270. The van der Waals surface area contributed by atoms with Crippen LogP contribution in [0.3, 0.4) is 0 Å². The highest BCUT2D eigenvalue weighted by atomic mass is 32.2. The van der Waals surface area contributed by atoms with Gasteiger partial charge in [-0.25, -0.2) is 4.98 Å². The summed E-state index contributed by atoms with van der Waals surface area (Å²) in [5.74, 6) is 1.55. The number of thioether (sulfide) groups is 1. The van der Waals surface area contributed by atoms with Crippen molar-refractivity contribution in [3.8, 4) is 0 Å². The smallest absolute Gasteiger partial charge is 0.223 e. The minimum Gasteiger partial charge on any atom is -0.383 e. The second-order valence-electron chi connectivity index (χ2n) is 4.50. The van der Waals surface area contributed by atoms with Gasteiger partial charge in [-0.2, -0.15) is 4.98 Å². The summed E-state index contributed by atoms with van der Waals surface area (Å²) in [6.45, 7) is 2.31. The maximum atomic E-state index is 5.65. The molecular weight excluding hydrogens is 220 g/mol. The van der Waals surface area contributed by atoms with Crippen molar-refractivity contribution in [2.75, 3.05) is 11.5 Å². The number of hydrogen-bond donors (Lipinski definition) is 2. The van der Waals surface area contributed by atoms with E-state index in [0.29, 0.717) is 11.1 Å². The average Bonchev–Trinajstić information content (AvgIpc) is 2.15. The number of nitrogens with two attached hydrogens (primary N) is 2. The highest BCUT2D eigenvalue weighted by Gasteiger charge is 2.20. The topological polar surface area (TPSA) is 77.8 Å². The van der Waals surface area contributed by atoms with Crippen LogP contribution in [0.25, 0.3) is 0 Å². The second kappa shape index (κ2) is 4.91. The van der Waals surface area contributed by atoms with Crippen molar-refractivity contribution < 1.29 is 0 Å². The Kier molecular flexibility index (Phi) is 3.53. The van der Waals surface area contributed by atoms with Gasteiger partial charge in [0.15, 0.2) is 0 Å². The molecule has 1 aliphatic carbocycles. The molecule has 0 aromatic carbocycles. The summed E-state index contributed by atoms with van der Waals surface area (Å²) < 4.78 is 0. The first-order valence-electron chi connectivity index (χ1n) is 5.70. The SMILES string of the molecule is CC1CCCC(Sc2cc(N)nc(N)n2)C1. The highest BCUT2D eigenvalue weighted by Crippen LogP contribution is 2.35. The van der Waals surface area contributed by atoms with Gasteiger partial charge >= 0.3 is 0 Å². The molecule has 4 N–H and O–H groups in total. The molecule has 2 unspecified atom stereocenters. The first-order chi connectivity index (χ1) is 7.63. The number of aromatic nitrogens is 2. The lowest BCUT2D eigenvalue weighted by atomic mass is 9.91. The van der Waals surface area contributed by atoms with Crippen molar-refractivity contribution >= 4 is 23.5 Å². The lowest BCUT2D eigenvalue weighted by Gasteiger charge is -2.25. The number of nitrogens with zero attached hydrogens (tertiary/aromatic N) is 2. The third-order valence-corrected chi connectivity index (χ3v) is 4.13. The van der Waals surface area contributed by atoms with Gasteiger partial charge in [0.1, 0.15) is 10.8 Å². The Balaban J connectivity index is 2.02. The van der Waals surface area contributed by atoms with Crippen molar-refractivity contribution in [2.45, 2.75) is 42.9 Å². The van der Waals surface area contributed by atoms with Crippen LogP contribution in [0.4, 0.5) is 11.8 Å². The standard InChI is InChI=1S/C11H18N4S/c1-7-3-2-4-8(5-7)16-10-6-9(12)14-11(13)15-10/h6-8H,2-5H2,1H3,(H4,12,13,14,15). The molecule has 1 saturated carbocycles. The Bertz CT molecular complexity index is 349. The lowest BCUT2D eigenvalue weighted by molar-refractivity contribution is 0.394. The molecule has 2 rings (SSSR count). The predicted molar refractivity (Wildman–Crippen MR) is 68.1 cm³/mol. The van der Waals surface area contributed by atoms with Crippen LogP contribution in [0.1, 0.15) is 32.6 Å². The van der Waals surface area contributed by atoms with E-state index < -0.39 is 0 Å². The van der Waals surface area contributed by atoms with Gasteiger partial charge in [-0.05, 0) is 18.8 Å². The van der Waals surface area contributed by atoms with Gasteiger partial charge in [-0.3, -0.25) is 0 Å². The molecule has 0 bridgehead atoms. The Morgan fingerprint density at radius 2 is 2.12 bits per heavy atom. The van der Waals surface area contributed by atoms with Crippen LogP contribution in [0, 0.1) is 5.92 Å². The molecular formula is C11H18N4S. The quantitative estimate of drug-likeness (QED) is 0.773.